The lowest BCUT2D eigenvalue weighted by molar-refractivity contribution is -0.128. The van der Waals surface area contributed by atoms with Crippen LogP contribution in [0.3, 0.4) is 0 Å². The lowest BCUT2D eigenvalue weighted by Crippen LogP contribution is -2.39. The van der Waals surface area contributed by atoms with Crippen molar-refractivity contribution in [3.8, 4) is 5.75 Å². The summed E-state index contributed by atoms with van der Waals surface area (Å²) in [7, 11) is 0. The Morgan fingerprint density at radius 2 is 1.84 bits per heavy atom. The van der Waals surface area contributed by atoms with E-state index in [1.54, 1.807) is 12.1 Å². The maximum atomic E-state index is 12.6. The normalized spacial score (nSPS) is 13.2. The van der Waals surface area contributed by atoms with Crippen molar-refractivity contribution in [3.05, 3.63) is 64.2 Å². The summed E-state index contributed by atoms with van der Waals surface area (Å²) in [5.74, 6) is 0.547. The number of ether oxygens (including phenoxy) is 1. The van der Waals surface area contributed by atoms with Crippen LogP contribution in [0.1, 0.15) is 49.9 Å². The average molecular weight is 360 g/mol. The van der Waals surface area contributed by atoms with E-state index in [9.17, 15) is 4.79 Å². The molecule has 25 heavy (non-hydrogen) atoms. The van der Waals surface area contributed by atoms with E-state index in [0.29, 0.717) is 17.2 Å². The van der Waals surface area contributed by atoms with Crippen LogP contribution < -0.4 is 10.1 Å². The summed E-state index contributed by atoms with van der Waals surface area (Å²) in [6, 6.07) is 13.7. The number of amides is 1. The molecule has 0 radical (unpaired) electrons. The molecule has 0 saturated carbocycles. The van der Waals surface area contributed by atoms with E-state index in [4.69, 9.17) is 16.3 Å². The summed E-state index contributed by atoms with van der Waals surface area (Å²) in [5.41, 5.74) is 3.30. The van der Waals surface area contributed by atoms with Gasteiger partial charge in [-0.05, 0) is 61.6 Å². The maximum Gasteiger partial charge on any atom is 0.261 e. The fourth-order valence-corrected chi connectivity index (χ4v) is 2.73. The lowest BCUT2D eigenvalue weighted by atomic mass is 10.0. The Hall–Kier alpha value is -2.00. The highest BCUT2D eigenvalue weighted by Gasteiger charge is 2.21. The zero-order valence-electron chi connectivity index (χ0n) is 15.3. The zero-order valence-corrected chi connectivity index (χ0v) is 16.1. The minimum atomic E-state index is -0.530. The molecule has 134 valence electrons. The van der Waals surface area contributed by atoms with E-state index in [2.05, 4.69) is 36.5 Å². The second-order valence-corrected chi connectivity index (χ2v) is 6.66. The monoisotopic (exact) mass is 359 g/mol. The molecule has 1 N–H and O–H groups in total. The molecule has 0 bridgehead atoms. The van der Waals surface area contributed by atoms with E-state index in [1.165, 1.54) is 5.56 Å². The first-order valence-electron chi connectivity index (χ1n) is 8.76. The predicted molar refractivity (Wildman–Crippen MR) is 103 cm³/mol. The second-order valence-electron chi connectivity index (χ2n) is 6.25. The quantitative estimate of drug-likeness (QED) is 0.733. The number of nitrogens with one attached hydrogen (secondary N) is 1. The Balaban J connectivity index is 2.01. The van der Waals surface area contributed by atoms with Crippen LogP contribution in [0.5, 0.6) is 5.75 Å². The molecule has 4 heteroatoms. The summed E-state index contributed by atoms with van der Waals surface area (Å²) in [4.78, 5) is 12.6. The highest BCUT2D eigenvalue weighted by molar-refractivity contribution is 6.31. The van der Waals surface area contributed by atoms with Crippen LogP contribution in [-0.4, -0.2) is 12.0 Å². The van der Waals surface area contributed by atoms with Crippen LogP contribution in [0.2, 0.25) is 5.02 Å². The van der Waals surface area contributed by atoms with Crippen molar-refractivity contribution < 1.29 is 9.53 Å². The standard InChI is InChI=1S/C21H26ClNO2/c1-5-16-7-9-17(10-8-16)15(4)23-21(24)20(6-2)25-18-11-12-19(22)14(3)13-18/h7-13,15,20H,5-6H2,1-4H3,(H,23,24)/t15-,20+/m1/s1. The number of rotatable bonds is 7. The van der Waals surface area contributed by atoms with Crippen molar-refractivity contribution >= 4 is 17.5 Å². The molecule has 3 nitrogen and oxygen atoms in total. The Morgan fingerprint density at radius 3 is 2.40 bits per heavy atom. The van der Waals surface area contributed by atoms with Crippen LogP contribution in [0.15, 0.2) is 42.5 Å². The van der Waals surface area contributed by atoms with Crippen LogP contribution in [0, 0.1) is 6.92 Å². The molecular weight excluding hydrogens is 334 g/mol. The molecule has 2 aromatic carbocycles. The van der Waals surface area contributed by atoms with Gasteiger partial charge in [0.1, 0.15) is 5.75 Å². The van der Waals surface area contributed by atoms with Crippen molar-refractivity contribution in [2.24, 2.45) is 0 Å². The fourth-order valence-electron chi connectivity index (χ4n) is 2.61. The third-order valence-electron chi connectivity index (χ3n) is 4.32. The number of aryl methyl sites for hydroxylation is 2. The molecule has 0 saturated heterocycles. The summed E-state index contributed by atoms with van der Waals surface area (Å²) in [6.07, 6.45) is 1.07. The van der Waals surface area contributed by atoms with Crippen LogP contribution in [0.4, 0.5) is 0 Å². The number of hydrogen-bond acceptors (Lipinski definition) is 2. The Morgan fingerprint density at radius 1 is 1.16 bits per heavy atom. The number of hydrogen-bond donors (Lipinski definition) is 1. The molecular formula is C21H26ClNO2. The van der Waals surface area contributed by atoms with Crippen molar-refractivity contribution in [2.45, 2.75) is 52.7 Å². The van der Waals surface area contributed by atoms with Crippen molar-refractivity contribution in [1.82, 2.24) is 5.32 Å². The zero-order chi connectivity index (χ0) is 18.4. The Bertz CT molecular complexity index is 712. The fraction of sp³-hybridized carbons (Fsp3) is 0.381. The van der Waals surface area contributed by atoms with E-state index in [0.717, 1.165) is 17.5 Å². The van der Waals surface area contributed by atoms with Gasteiger partial charge in [0.2, 0.25) is 0 Å². The van der Waals surface area contributed by atoms with E-state index < -0.39 is 6.10 Å². The Kier molecular flexibility index (Phi) is 6.89. The number of carbonyl (C=O) groups is 1. The molecule has 0 fully saturated rings. The van der Waals surface area contributed by atoms with Gasteiger partial charge in [-0.1, -0.05) is 49.7 Å². The summed E-state index contributed by atoms with van der Waals surface area (Å²) >= 11 is 6.04. The first kappa shape index (κ1) is 19.3. The number of halogens is 1. The van der Waals surface area contributed by atoms with Gasteiger partial charge in [-0.25, -0.2) is 0 Å². The van der Waals surface area contributed by atoms with E-state index >= 15 is 0 Å². The van der Waals surface area contributed by atoms with Gasteiger partial charge in [0, 0.05) is 5.02 Å². The molecule has 0 aliphatic heterocycles. The molecule has 0 aromatic heterocycles. The van der Waals surface area contributed by atoms with Crippen molar-refractivity contribution in [3.63, 3.8) is 0 Å². The molecule has 0 aliphatic rings. The molecule has 2 aromatic rings. The van der Waals surface area contributed by atoms with Gasteiger partial charge < -0.3 is 10.1 Å². The molecule has 2 rings (SSSR count). The first-order valence-corrected chi connectivity index (χ1v) is 9.14. The largest absolute Gasteiger partial charge is 0.481 e. The minimum Gasteiger partial charge on any atom is -0.481 e. The molecule has 0 heterocycles. The van der Waals surface area contributed by atoms with Gasteiger partial charge in [0.05, 0.1) is 6.04 Å². The predicted octanol–water partition coefficient (Wildman–Crippen LogP) is 5.25. The number of benzene rings is 2. The van der Waals surface area contributed by atoms with Crippen LogP contribution in [-0.2, 0) is 11.2 Å². The van der Waals surface area contributed by atoms with Crippen molar-refractivity contribution in [1.29, 1.82) is 0 Å². The molecule has 0 spiro atoms. The minimum absolute atomic E-state index is 0.0667. The lowest BCUT2D eigenvalue weighted by Gasteiger charge is -2.21. The molecule has 0 unspecified atom stereocenters. The summed E-state index contributed by atoms with van der Waals surface area (Å²) < 4.78 is 5.86. The number of carbonyl (C=O) groups excluding carboxylic acids is 1. The Labute approximate surface area is 155 Å². The molecule has 1 amide bonds. The molecule has 0 aliphatic carbocycles. The third kappa shape index (κ3) is 5.23. The van der Waals surface area contributed by atoms with Crippen molar-refractivity contribution in [2.75, 3.05) is 0 Å². The topological polar surface area (TPSA) is 38.3 Å². The summed E-state index contributed by atoms with van der Waals surface area (Å²) in [5, 5.41) is 3.73. The van der Waals surface area contributed by atoms with Gasteiger partial charge in [-0.3, -0.25) is 4.79 Å². The van der Waals surface area contributed by atoms with Gasteiger partial charge in [-0.15, -0.1) is 0 Å². The second kappa shape index (κ2) is 8.91. The van der Waals surface area contributed by atoms with Gasteiger partial charge in [-0.2, -0.15) is 0 Å². The van der Waals surface area contributed by atoms with E-state index in [-0.39, 0.29) is 11.9 Å². The summed E-state index contributed by atoms with van der Waals surface area (Å²) in [6.45, 7) is 7.96. The highest BCUT2D eigenvalue weighted by atomic mass is 35.5. The maximum absolute atomic E-state index is 12.6. The average Bonchev–Trinajstić information content (AvgIpc) is 2.62. The van der Waals surface area contributed by atoms with E-state index in [1.807, 2.05) is 26.8 Å². The highest BCUT2D eigenvalue weighted by Crippen LogP contribution is 2.23. The van der Waals surface area contributed by atoms with Gasteiger partial charge in [0.25, 0.3) is 5.91 Å². The van der Waals surface area contributed by atoms with Crippen LogP contribution >= 0.6 is 11.6 Å². The first-order chi connectivity index (χ1) is 11.9. The molecule has 2 atom stereocenters. The smallest absolute Gasteiger partial charge is 0.261 e. The third-order valence-corrected chi connectivity index (χ3v) is 4.74. The van der Waals surface area contributed by atoms with Crippen LogP contribution in [0.25, 0.3) is 0 Å². The van der Waals surface area contributed by atoms with Gasteiger partial charge >= 0.3 is 0 Å². The van der Waals surface area contributed by atoms with Gasteiger partial charge in [0.15, 0.2) is 6.10 Å². The SMILES string of the molecule is CCc1ccc([C@@H](C)NC(=O)[C@H](CC)Oc2ccc(Cl)c(C)c2)cc1.